The number of benzene rings is 1. The van der Waals surface area contributed by atoms with Crippen LogP contribution < -0.4 is 4.74 Å². The molecule has 3 rings (SSSR count). The smallest absolute Gasteiger partial charge is 0.145 e. The van der Waals surface area contributed by atoms with Crippen LogP contribution >= 0.6 is 15.9 Å². The zero-order valence-corrected chi connectivity index (χ0v) is 9.12. The molecule has 0 N–H and O–H groups in total. The van der Waals surface area contributed by atoms with Gasteiger partial charge in [-0.05, 0) is 12.1 Å². The Kier molecular flexibility index (Phi) is 1.77. The van der Waals surface area contributed by atoms with E-state index in [-0.39, 0.29) is 0 Å². The number of ether oxygens (including phenoxy) is 1. The molecular formula is C10H9BrN2O. The topological polar surface area (TPSA) is 27.1 Å². The van der Waals surface area contributed by atoms with Crippen molar-refractivity contribution in [2.75, 3.05) is 6.61 Å². The molecule has 0 saturated carbocycles. The third-order valence-electron chi connectivity index (χ3n) is 2.48. The second-order valence-electron chi connectivity index (χ2n) is 3.38. The molecule has 14 heavy (non-hydrogen) atoms. The van der Waals surface area contributed by atoms with E-state index in [1.165, 1.54) is 0 Å². The number of nitrogens with zero attached hydrogens (tertiary/aromatic N) is 2. The average molecular weight is 253 g/mol. The van der Waals surface area contributed by atoms with Crippen LogP contribution in [0.1, 0.15) is 6.42 Å². The average Bonchev–Trinajstić information content (AvgIpc) is 2.51. The molecule has 2 aromatic rings. The molecule has 0 aliphatic carbocycles. The number of halogens is 1. The maximum absolute atomic E-state index is 5.65. The molecule has 1 aliphatic heterocycles. The fraction of sp³-hybridized carbons (Fsp3) is 0.300. The molecule has 0 bridgehead atoms. The van der Waals surface area contributed by atoms with E-state index in [2.05, 4.69) is 21.0 Å². The quantitative estimate of drug-likeness (QED) is 0.721. The second kappa shape index (κ2) is 2.98. The van der Waals surface area contributed by atoms with E-state index in [1.54, 1.807) is 0 Å². The Labute approximate surface area is 89.8 Å². The van der Waals surface area contributed by atoms with Gasteiger partial charge < -0.3 is 4.74 Å². The van der Waals surface area contributed by atoms with Gasteiger partial charge in [-0.1, -0.05) is 15.9 Å². The predicted octanol–water partition coefficient (Wildman–Crippen LogP) is 2.58. The van der Waals surface area contributed by atoms with Gasteiger partial charge in [-0.3, -0.25) is 4.68 Å². The van der Waals surface area contributed by atoms with Crippen molar-refractivity contribution in [1.82, 2.24) is 9.78 Å². The second-order valence-corrected chi connectivity index (χ2v) is 4.23. The molecule has 0 unspecified atom stereocenters. The number of hydrogen-bond acceptors (Lipinski definition) is 2. The van der Waals surface area contributed by atoms with Crippen molar-refractivity contribution in [2.45, 2.75) is 13.0 Å². The number of aryl methyl sites for hydroxylation is 1. The van der Waals surface area contributed by atoms with Crippen molar-refractivity contribution in [3.8, 4) is 5.75 Å². The van der Waals surface area contributed by atoms with Crippen molar-refractivity contribution >= 4 is 26.8 Å². The van der Waals surface area contributed by atoms with Crippen LogP contribution in [0.3, 0.4) is 0 Å². The van der Waals surface area contributed by atoms with Gasteiger partial charge in [0.2, 0.25) is 0 Å². The maximum atomic E-state index is 5.65. The van der Waals surface area contributed by atoms with Gasteiger partial charge in [0.1, 0.15) is 11.3 Å². The molecule has 4 heteroatoms. The fourth-order valence-corrected chi connectivity index (χ4v) is 2.24. The third kappa shape index (κ3) is 1.07. The van der Waals surface area contributed by atoms with Crippen LogP contribution in [-0.4, -0.2) is 16.4 Å². The van der Waals surface area contributed by atoms with Crippen molar-refractivity contribution < 1.29 is 4.74 Å². The Morgan fingerprint density at radius 2 is 2.36 bits per heavy atom. The lowest BCUT2D eigenvalue weighted by Gasteiger charge is -2.04. The van der Waals surface area contributed by atoms with Gasteiger partial charge in [0.25, 0.3) is 0 Å². The lowest BCUT2D eigenvalue weighted by Crippen LogP contribution is -1.99. The maximum Gasteiger partial charge on any atom is 0.145 e. The Morgan fingerprint density at radius 3 is 3.29 bits per heavy atom. The Balaban J connectivity index is 2.41. The van der Waals surface area contributed by atoms with Crippen molar-refractivity contribution in [1.29, 1.82) is 0 Å². The third-order valence-corrected chi connectivity index (χ3v) is 3.17. The predicted molar refractivity (Wildman–Crippen MR) is 57.5 cm³/mol. The van der Waals surface area contributed by atoms with Crippen molar-refractivity contribution in [3.63, 3.8) is 0 Å². The van der Waals surface area contributed by atoms with Gasteiger partial charge in [-0.25, -0.2) is 0 Å². The largest absolute Gasteiger partial charge is 0.491 e. The molecule has 1 aromatic carbocycles. The first-order chi connectivity index (χ1) is 6.86. The van der Waals surface area contributed by atoms with Crippen LogP contribution in [0.4, 0.5) is 0 Å². The molecule has 0 fully saturated rings. The molecule has 1 aromatic heterocycles. The Bertz CT molecular complexity index is 492. The van der Waals surface area contributed by atoms with E-state index >= 15 is 0 Å². The van der Waals surface area contributed by atoms with Crippen LogP contribution in [0.15, 0.2) is 22.8 Å². The molecule has 0 saturated heterocycles. The summed E-state index contributed by atoms with van der Waals surface area (Å²) in [5.74, 6) is 0.943. The molecule has 0 atom stereocenters. The first-order valence-electron chi connectivity index (χ1n) is 4.63. The monoisotopic (exact) mass is 252 g/mol. The summed E-state index contributed by atoms with van der Waals surface area (Å²) in [6.45, 7) is 1.72. The minimum absolute atomic E-state index is 0.778. The van der Waals surface area contributed by atoms with E-state index in [0.717, 1.165) is 40.7 Å². The highest BCUT2D eigenvalue weighted by Crippen LogP contribution is 2.32. The Hall–Kier alpha value is -1.03. The van der Waals surface area contributed by atoms with Crippen LogP contribution in [0.25, 0.3) is 10.9 Å². The van der Waals surface area contributed by atoms with Gasteiger partial charge in [-0.2, -0.15) is 5.10 Å². The van der Waals surface area contributed by atoms with Crippen LogP contribution in [0.5, 0.6) is 5.75 Å². The molecule has 0 radical (unpaired) electrons. The van der Waals surface area contributed by atoms with Crippen LogP contribution in [0.2, 0.25) is 0 Å². The van der Waals surface area contributed by atoms with E-state index in [9.17, 15) is 0 Å². The summed E-state index contributed by atoms with van der Waals surface area (Å²) in [4.78, 5) is 0. The molecule has 72 valence electrons. The van der Waals surface area contributed by atoms with Gasteiger partial charge >= 0.3 is 0 Å². The highest BCUT2D eigenvalue weighted by Gasteiger charge is 2.14. The van der Waals surface area contributed by atoms with Crippen molar-refractivity contribution in [3.05, 3.63) is 22.8 Å². The molecule has 2 heterocycles. The lowest BCUT2D eigenvalue weighted by atomic mass is 10.2. The lowest BCUT2D eigenvalue weighted by molar-refractivity contribution is 0.314. The van der Waals surface area contributed by atoms with Gasteiger partial charge in [0, 0.05) is 22.8 Å². The van der Waals surface area contributed by atoms with E-state index in [4.69, 9.17) is 4.74 Å². The summed E-state index contributed by atoms with van der Waals surface area (Å²) in [5.41, 5.74) is 1.11. The van der Waals surface area contributed by atoms with Crippen LogP contribution in [0, 0.1) is 0 Å². The summed E-state index contributed by atoms with van der Waals surface area (Å²) >= 11 is 3.51. The highest BCUT2D eigenvalue weighted by molar-refractivity contribution is 9.10. The first kappa shape index (κ1) is 8.29. The Morgan fingerprint density at radius 1 is 1.43 bits per heavy atom. The molecule has 0 amide bonds. The van der Waals surface area contributed by atoms with E-state index in [1.807, 2.05) is 23.0 Å². The van der Waals surface area contributed by atoms with Gasteiger partial charge in [0.15, 0.2) is 0 Å². The summed E-state index contributed by atoms with van der Waals surface area (Å²) in [7, 11) is 0. The number of aromatic nitrogens is 2. The summed E-state index contributed by atoms with van der Waals surface area (Å²) in [5, 5.41) is 5.48. The summed E-state index contributed by atoms with van der Waals surface area (Å²) < 4.78 is 8.75. The molecule has 1 aliphatic rings. The van der Waals surface area contributed by atoms with E-state index < -0.39 is 0 Å². The highest BCUT2D eigenvalue weighted by atomic mass is 79.9. The standard InChI is InChI=1S/C10H9BrN2O/c11-8-2-3-9-10-7(8)6-12-13(10)4-1-5-14-9/h2-3,6H,1,4-5H2. The summed E-state index contributed by atoms with van der Waals surface area (Å²) in [6, 6.07) is 4.00. The zero-order valence-electron chi connectivity index (χ0n) is 7.53. The molecular weight excluding hydrogens is 244 g/mol. The number of hydrogen-bond donors (Lipinski definition) is 0. The van der Waals surface area contributed by atoms with Crippen LogP contribution in [-0.2, 0) is 6.54 Å². The SMILES string of the molecule is Brc1ccc2c3c1cnn3CCCO2. The summed E-state index contributed by atoms with van der Waals surface area (Å²) in [6.07, 6.45) is 2.90. The zero-order chi connectivity index (χ0) is 9.54. The first-order valence-corrected chi connectivity index (χ1v) is 5.42. The molecule has 0 spiro atoms. The fourth-order valence-electron chi connectivity index (χ4n) is 1.82. The molecule has 3 nitrogen and oxygen atoms in total. The van der Waals surface area contributed by atoms with Gasteiger partial charge in [-0.15, -0.1) is 0 Å². The van der Waals surface area contributed by atoms with Crippen molar-refractivity contribution in [2.24, 2.45) is 0 Å². The van der Waals surface area contributed by atoms with Gasteiger partial charge in [0.05, 0.1) is 12.8 Å². The minimum Gasteiger partial charge on any atom is -0.491 e. The number of rotatable bonds is 0. The minimum atomic E-state index is 0.778. The normalized spacial score (nSPS) is 15.2. The van der Waals surface area contributed by atoms with E-state index in [0.29, 0.717) is 0 Å².